The normalized spacial score (nSPS) is 46.2. The number of aliphatic carboxylic acids is 1. The van der Waals surface area contributed by atoms with E-state index in [0.29, 0.717) is 36.9 Å². The second-order valence-corrected chi connectivity index (χ2v) is 16.5. The number of ketones is 1. The van der Waals surface area contributed by atoms with Gasteiger partial charge in [-0.25, -0.2) is 0 Å². The zero-order valence-electron chi connectivity index (χ0n) is 25.9. The summed E-state index contributed by atoms with van der Waals surface area (Å²) in [6.07, 6.45) is 9.25. The Morgan fingerprint density at radius 3 is 2.23 bits per heavy atom. The Bertz CT molecular complexity index is 1110. The molecule has 39 heavy (non-hydrogen) atoms. The minimum absolute atomic E-state index is 0.0369. The highest BCUT2D eigenvalue weighted by Crippen LogP contribution is 2.75. The van der Waals surface area contributed by atoms with Gasteiger partial charge in [0.2, 0.25) is 0 Å². The first-order valence-corrected chi connectivity index (χ1v) is 15.5. The summed E-state index contributed by atoms with van der Waals surface area (Å²) in [5.74, 6) is -0.258. The Kier molecular flexibility index (Phi) is 6.42. The van der Waals surface area contributed by atoms with E-state index in [2.05, 4.69) is 54.5 Å². The summed E-state index contributed by atoms with van der Waals surface area (Å²) >= 11 is 0. The minimum atomic E-state index is -1.07. The smallest absolute Gasteiger partial charge is 0.314 e. The maximum Gasteiger partial charge on any atom is 0.314 e. The molecule has 1 N–H and O–H groups in total. The molecule has 0 radical (unpaired) electrons. The van der Waals surface area contributed by atoms with Crippen LogP contribution in [0.25, 0.3) is 0 Å². The van der Waals surface area contributed by atoms with Gasteiger partial charge in [0.1, 0.15) is 17.3 Å². The Morgan fingerprint density at radius 2 is 1.62 bits per heavy atom. The van der Waals surface area contributed by atoms with Crippen molar-refractivity contribution in [2.75, 3.05) is 0 Å². The van der Waals surface area contributed by atoms with E-state index in [4.69, 9.17) is 4.74 Å². The molecule has 5 rings (SSSR count). The minimum Gasteiger partial charge on any atom is -0.481 e. The molecule has 0 unspecified atom stereocenters. The van der Waals surface area contributed by atoms with Crippen molar-refractivity contribution >= 4 is 17.7 Å². The van der Waals surface area contributed by atoms with Gasteiger partial charge < -0.3 is 9.84 Å². The zero-order valence-corrected chi connectivity index (χ0v) is 25.9. The average molecular weight is 541 g/mol. The topological polar surface area (TPSA) is 80.7 Å². The molecule has 5 aliphatic rings. The Balaban J connectivity index is 1.60. The number of carboxylic acid groups (broad SMARTS) is 1. The number of fused-ring (bicyclic) bond motifs is 7. The number of carbonyl (C=O) groups excluding carboxylic acids is 2. The van der Waals surface area contributed by atoms with Gasteiger partial charge in [0.25, 0.3) is 0 Å². The van der Waals surface area contributed by atoms with Gasteiger partial charge >= 0.3 is 11.9 Å². The van der Waals surface area contributed by atoms with Crippen molar-refractivity contribution in [3.63, 3.8) is 0 Å². The van der Waals surface area contributed by atoms with Gasteiger partial charge in [-0.3, -0.25) is 14.4 Å². The van der Waals surface area contributed by atoms with Crippen LogP contribution in [0.3, 0.4) is 0 Å². The molecule has 0 saturated heterocycles. The van der Waals surface area contributed by atoms with E-state index < -0.39 is 17.5 Å². The fraction of sp³-hybridized carbons (Fsp3) is 0.853. The molecule has 5 nitrogen and oxygen atoms in total. The van der Waals surface area contributed by atoms with Gasteiger partial charge in [-0.1, -0.05) is 74.0 Å². The Morgan fingerprint density at radius 1 is 0.949 bits per heavy atom. The predicted octanol–water partition coefficient (Wildman–Crippen LogP) is 7.62. The van der Waals surface area contributed by atoms with Crippen LogP contribution in [-0.4, -0.2) is 28.9 Å². The van der Waals surface area contributed by atoms with E-state index in [-0.39, 0.29) is 44.9 Å². The van der Waals surface area contributed by atoms with E-state index >= 15 is 0 Å². The van der Waals surface area contributed by atoms with Crippen LogP contribution in [0.5, 0.6) is 0 Å². The van der Waals surface area contributed by atoms with Gasteiger partial charge in [0, 0.05) is 17.8 Å². The molecule has 8 atom stereocenters. The first-order valence-electron chi connectivity index (χ1n) is 15.5. The van der Waals surface area contributed by atoms with E-state index in [1.165, 1.54) is 5.57 Å². The quantitative estimate of drug-likeness (QED) is 0.294. The third-order valence-corrected chi connectivity index (χ3v) is 13.5. The SMILES string of the molecule is CC(C)C(=O)O[C@@H]1CC(C)(C)C[C@H]2C3=CC[C@@H]4[C@@]5(C)CCC(=O)C(C)(C)[C@@H]5CC[C@@]4(C)[C@]3(C)CC[C@@]12C(=O)O. The maximum absolute atomic E-state index is 13.3. The van der Waals surface area contributed by atoms with Crippen LogP contribution in [0.15, 0.2) is 11.6 Å². The first-order chi connectivity index (χ1) is 17.9. The predicted molar refractivity (Wildman–Crippen MR) is 152 cm³/mol. The number of allylic oxidation sites excluding steroid dienone is 2. The summed E-state index contributed by atoms with van der Waals surface area (Å²) in [6.45, 7) is 19.8. The van der Waals surface area contributed by atoms with E-state index in [1.54, 1.807) is 0 Å². The number of Topliss-reactive ketones (excluding diaryl/α,β-unsaturated/α-hetero) is 1. The molecule has 0 amide bonds. The summed E-state index contributed by atoms with van der Waals surface area (Å²) < 4.78 is 6.11. The van der Waals surface area contributed by atoms with Gasteiger partial charge in [-0.05, 0) is 84.9 Å². The molecule has 0 aliphatic heterocycles. The molecule has 218 valence electrons. The molecule has 5 aliphatic carbocycles. The summed E-state index contributed by atoms with van der Waals surface area (Å²) in [5.41, 5.74) is -0.145. The lowest BCUT2D eigenvalue weighted by Gasteiger charge is -2.70. The fourth-order valence-electron chi connectivity index (χ4n) is 11.0. The first kappa shape index (κ1) is 28.9. The largest absolute Gasteiger partial charge is 0.481 e. The molecule has 0 heterocycles. The highest BCUT2D eigenvalue weighted by molar-refractivity contribution is 5.85. The zero-order chi connectivity index (χ0) is 29.0. The molecule has 4 fully saturated rings. The summed E-state index contributed by atoms with van der Waals surface area (Å²) in [4.78, 5) is 39.2. The van der Waals surface area contributed by atoms with E-state index in [1.807, 2.05) is 13.8 Å². The van der Waals surface area contributed by atoms with Gasteiger partial charge in [0.15, 0.2) is 0 Å². The molecule has 5 heteroatoms. The van der Waals surface area contributed by atoms with Crippen LogP contribution >= 0.6 is 0 Å². The molecule has 0 aromatic heterocycles. The third-order valence-electron chi connectivity index (χ3n) is 13.5. The van der Waals surface area contributed by atoms with Gasteiger partial charge in [-0.2, -0.15) is 0 Å². The fourth-order valence-corrected chi connectivity index (χ4v) is 11.0. The molecule has 4 saturated carbocycles. The number of carbonyl (C=O) groups is 3. The van der Waals surface area contributed by atoms with Crippen molar-refractivity contribution in [1.82, 2.24) is 0 Å². The summed E-state index contributed by atoms with van der Waals surface area (Å²) in [6, 6.07) is 0. The highest BCUT2D eigenvalue weighted by Gasteiger charge is 2.71. The molecular formula is C34H52O5. The number of esters is 1. The van der Waals surface area contributed by atoms with Crippen molar-refractivity contribution in [2.24, 2.45) is 56.2 Å². The third kappa shape index (κ3) is 3.72. The number of rotatable bonds is 3. The Hall–Kier alpha value is -1.65. The highest BCUT2D eigenvalue weighted by atomic mass is 16.5. The number of hydrogen-bond acceptors (Lipinski definition) is 4. The molecule has 0 aromatic carbocycles. The van der Waals surface area contributed by atoms with E-state index in [0.717, 1.165) is 38.5 Å². The lowest BCUT2D eigenvalue weighted by atomic mass is 9.33. The number of carboxylic acids is 1. The number of hydrogen-bond donors (Lipinski definition) is 1. The van der Waals surface area contributed by atoms with Crippen LogP contribution in [0.1, 0.15) is 120 Å². The van der Waals surface area contributed by atoms with Crippen LogP contribution in [-0.2, 0) is 19.1 Å². The average Bonchev–Trinajstić information content (AvgIpc) is 2.81. The van der Waals surface area contributed by atoms with Crippen molar-refractivity contribution in [2.45, 2.75) is 126 Å². The monoisotopic (exact) mass is 540 g/mol. The lowest BCUT2D eigenvalue weighted by Crippen LogP contribution is -2.66. The van der Waals surface area contributed by atoms with Crippen molar-refractivity contribution in [1.29, 1.82) is 0 Å². The van der Waals surface area contributed by atoms with Gasteiger partial charge in [-0.15, -0.1) is 0 Å². The molecule has 0 bridgehead atoms. The molecule has 0 spiro atoms. The van der Waals surface area contributed by atoms with Gasteiger partial charge in [0.05, 0.1) is 5.92 Å². The van der Waals surface area contributed by atoms with Crippen LogP contribution in [0.4, 0.5) is 0 Å². The van der Waals surface area contributed by atoms with Crippen LogP contribution in [0, 0.1) is 56.2 Å². The lowest BCUT2D eigenvalue weighted by molar-refractivity contribution is -0.208. The molecular weight excluding hydrogens is 488 g/mol. The second-order valence-electron chi connectivity index (χ2n) is 16.5. The van der Waals surface area contributed by atoms with Crippen molar-refractivity contribution in [3.05, 3.63) is 11.6 Å². The van der Waals surface area contributed by atoms with E-state index in [9.17, 15) is 19.5 Å². The number of ether oxygens (including phenoxy) is 1. The summed E-state index contributed by atoms with van der Waals surface area (Å²) in [5, 5.41) is 10.9. The van der Waals surface area contributed by atoms with Crippen LogP contribution in [0.2, 0.25) is 0 Å². The van der Waals surface area contributed by atoms with Crippen molar-refractivity contribution < 1.29 is 24.2 Å². The van der Waals surface area contributed by atoms with Crippen molar-refractivity contribution in [3.8, 4) is 0 Å². The summed E-state index contributed by atoms with van der Waals surface area (Å²) in [7, 11) is 0. The second kappa shape index (κ2) is 8.68. The Labute approximate surface area is 235 Å². The van der Waals surface area contributed by atoms with Crippen LogP contribution < -0.4 is 0 Å². The standard InChI is InChI=1S/C34H52O5/c1-20(2)27(36)39-26-19-29(3,4)18-22-21-10-11-24-31(7)14-13-25(35)30(5,6)23(31)12-15-33(24,9)32(21,8)16-17-34(22,26)28(37)38/h10,20,22-24,26H,11-19H2,1-9H3,(H,37,38)/t22-,23-,24+,26+,31-,32+,33+,34-/m0/s1. The maximum atomic E-state index is 13.3. The molecule has 0 aromatic rings.